The summed E-state index contributed by atoms with van der Waals surface area (Å²) in [6.45, 7) is 5.85. The third-order valence-electron chi connectivity index (χ3n) is 5.29. The van der Waals surface area contributed by atoms with Crippen LogP contribution in [0, 0.1) is 5.41 Å². The van der Waals surface area contributed by atoms with Crippen molar-refractivity contribution in [2.24, 2.45) is 5.41 Å². The van der Waals surface area contributed by atoms with Crippen molar-refractivity contribution in [3.63, 3.8) is 0 Å². The van der Waals surface area contributed by atoms with Crippen molar-refractivity contribution in [3.05, 3.63) is 47.5 Å². The number of hydrogen-bond acceptors (Lipinski definition) is 5. The fourth-order valence-corrected chi connectivity index (χ4v) is 3.50. The monoisotopic (exact) mass is 372 g/mol. The number of pyridine rings is 1. The van der Waals surface area contributed by atoms with Crippen LogP contribution < -0.4 is 16.0 Å². The summed E-state index contributed by atoms with van der Waals surface area (Å²) in [6.07, 6.45) is 13.4. The molecule has 0 radical (unpaired) electrons. The molecule has 1 aromatic rings. The van der Waals surface area contributed by atoms with Gasteiger partial charge in [0.1, 0.15) is 12.4 Å². The number of hydrogen-bond donors (Lipinski definition) is 3. The Morgan fingerprint density at radius 2 is 2.26 bits per heavy atom. The Labute approximate surface area is 165 Å². The maximum absolute atomic E-state index is 5.83. The van der Waals surface area contributed by atoms with Crippen molar-refractivity contribution in [3.8, 4) is 0 Å². The lowest BCUT2D eigenvalue weighted by Gasteiger charge is -2.28. The van der Waals surface area contributed by atoms with Crippen molar-refractivity contribution < 1.29 is 6.16 Å². The van der Waals surface area contributed by atoms with Gasteiger partial charge in [-0.3, -0.25) is 0 Å². The van der Waals surface area contributed by atoms with Gasteiger partial charge >= 0.3 is 0 Å². The molecule has 1 unspecified atom stereocenters. The SMILES string of the molecule is CN/C(=C\C1(C)C=CC1)OCCNCCCCc1ccc2c(n1)NCCC2.[HH]. The lowest BCUT2D eigenvalue weighted by molar-refractivity contribution is 0.190. The van der Waals surface area contributed by atoms with E-state index in [-0.39, 0.29) is 6.84 Å². The Hall–Kier alpha value is -2.01. The molecule has 3 N–H and O–H groups in total. The average Bonchev–Trinajstić information content (AvgIpc) is 2.67. The summed E-state index contributed by atoms with van der Waals surface area (Å²) >= 11 is 0. The van der Waals surface area contributed by atoms with Gasteiger partial charge in [-0.2, -0.15) is 0 Å². The molecule has 1 aliphatic carbocycles. The number of ether oxygens (including phenoxy) is 1. The highest BCUT2D eigenvalue weighted by atomic mass is 16.5. The van der Waals surface area contributed by atoms with Crippen LogP contribution in [0.2, 0.25) is 0 Å². The van der Waals surface area contributed by atoms with Gasteiger partial charge < -0.3 is 20.7 Å². The second-order valence-electron chi connectivity index (χ2n) is 7.77. The van der Waals surface area contributed by atoms with Crippen LogP contribution in [-0.2, 0) is 17.6 Å². The largest absolute Gasteiger partial charge is 0.478 e. The molecule has 1 aromatic heterocycles. The molecule has 0 bridgehead atoms. The first-order valence-electron chi connectivity index (χ1n) is 10.3. The molecule has 3 rings (SSSR count). The van der Waals surface area contributed by atoms with Gasteiger partial charge in [0.25, 0.3) is 0 Å². The van der Waals surface area contributed by atoms with E-state index in [2.05, 4.69) is 53.2 Å². The number of anilines is 1. The molecule has 150 valence electrons. The fraction of sp³-hybridized carbons (Fsp3) is 0.591. The maximum atomic E-state index is 5.83. The normalized spacial score (nSPS) is 21.2. The summed E-state index contributed by atoms with van der Waals surface area (Å²) in [4.78, 5) is 4.76. The van der Waals surface area contributed by atoms with Gasteiger partial charge in [0.05, 0.1) is 0 Å². The number of fused-ring (bicyclic) bond motifs is 1. The van der Waals surface area contributed by atoms with Crippen LogP contribution in [-0.4, -0.2) is 38.3 Å². The minimum absolute atomic E-state index is 0. The van der Waals surface area contributed by atoms with E-state index < -0.39 is 0 Å². The molecule has 0 spiro atoms. The van der Waals surface area contributed by atoms with Gasteiger partial charge in [0.2, 0.25) is 0 Å². The Morgan fingerprint density at radius 1 is 1.37 bits per heavy atom. The summed E-state index contributed by atoms with van der Waals surface area (Å²) in [6, 6.07) is 4.43. The van der Waals surface area contributed by atoms with Crippen LogP contribution in [0.5, 0.6) is 0 Å². The fourth-order valence-electron chi connectivity index (χ4n) is 3.50. The number of unbranched alkanes of at least 4 members (excludes halogenated alkanes) is 1. The molecular weight excluding hydrogens is 336 g/mol. The number of rotatable bonds is 11. The zero-order chi connectivity index (χ0) is 19.0. The lowest BCUT2D eigenvalue weighted by atomic mass is 9.78. The van der Waals surface area contributed by atoms with Crippen LogP contribution in [0.15, 0.2) is 36.2 Å². The number of nitrogens with one attached hydrogen (secondary N) is 3. The minimum Gasteiger partial charge on any atom is -0.478 e. The van der Waals surface area contributed by atoms with Gasteiger partial charge in [0.15, 0.2) is 5.88 Å². The van der Waals surface area contributed by atoms with Crippen LogP contribution >= 0.6 is 0 Å². The van der Waals surface area contributed by atoms with Crippen molar-refractivity contribution >= 4 is 5.82 Å². The molecule has 2 heterocycles. The molecule has 0 saturated heterocycles. The highest BCUT2D eigenvalue weighted by molar-refractivity contribution is 5.46. The van der Waals surface area contributed by atoms with E-state index in [9.17, 15) is 0 Å². The first-order valence-corrected chi connectivity index (χ1v) is 10.3. The summed E-state index contributed by atoms with van der Waals surface area (Å²) < 4.78 is 5.83. The Kier molecular flexibility index (Phi) is 7.16. The van der Waals surface area contributed by atoms with Crippen LogP contribution in [0.4, 0.5) is 5.82 Å². The molecule has 5 heteroatoms. The van der Waals surface area contributed by atoms with Crippen LogP contribution in [0.25, 0.3) is 0 Å². The summed E-state index contributed by atoms with van der Waals surface area (Å²) in [7, 11) is 1.91. The van der Waals surface area contributed by atoms with Crippen molar-refractivity contribution in [1.82, 2.24) is 15.6 Å². The molecule has 2 aliphatic rings. The van der Waals surface area contributed by atoms with E-state index in [0.717, 1.165) is 63.4 Å². The average molecular weight is 373 g/mol. The summed E-state index contributed by atoms with van der Waals surface area (Å²) in [5.74, 6) is 1.98. The van der Waals surface area contributed by atoms with Crippen molar-refractivity contribution in [2.75, 3.05) is 38.6 Å². The Morgan fingerprint density at radius 3 is 3.04 bits per heavy atom. The molecule has 27 heavy (non-hydrogen) atoms. The second-order valence-corrected chi connectivity index (χ2v) is 7.77. The van der Waals surface area contributed by atoms with E-state index in [1.54, 1.807) is 0 Å². The highest BCUT2D eigenvalue weighted by Crippen LogP contribution is 2.34. The number of aryl methyl sites for hydroxylation is 2. The van der Waals surface area contributed by atoms with Gasteiger partial charge in [-0.1, -0.05) is 25.1 Å². The number of allylic oxidation sites excluding steroid dienone is 3. The van der Waals surface area contributed by atoms with Crippen molar-refractivity contribution in [2.45, 2.75) is 45.4 Å². The second kappa shape index (κ2) is 9.79. The smallest absolute Gasteiger partial charge is 0.183 e. The predicted molar refractivity (Wildman–Crippen MR) is 114 cm³/mol. The predicted octanol–water partition coefficient (Wildman–Crippen LogP) is 3.64. The standard InChI is InChI=1S/C22H34N4O.H2/c1-22(11-6-12-22)17-20(23-2)27-16-15-24-13-4-3-8-19-10-9-18-7-5-14-25-21(18)26-19;/h6,9-11,17,23-24H,3-5,7-8,12-16H2,1-2H3,(H,25,26);1H/b20-17+;. The zero-order valence-electron chi connectivity index (χ0n) is 16.8. The molecule has 0 saturated carbocycles. The maximum Gasteiger partial charge on any atom is 0.183 e. The molecule has 0 fully saturated rings. The first-order chi connectivity index (χ1) is 13.2. The van der Waals surface area contributed by atoms with E-state index in [0.29, 0.717) is 6.61 Å². The van der Waals surface area contributed by atoms with E-state index in [1.807, 2.05) is 7.05 Å². The molecule has 1 atom stereocenters. The first kappa shape index (κ1) is 19.7. The third kappa shape index (κ3) is 5.99. The van der Waals surface area contributed by atoms with Crippen LogP contribution in [0.1, 0.15) is 45.3 Å². The van der Waals surface area contributed by atoms with Gasteiger partial charge in [-0.15, -0.1) is 0 Å². The topological polar surface area (TPSA) is 58.2 Å². The summed E-state index contributed by atoms with van der Waals surface area (Å²) in [5, 5.41) is 10.0. The van der Waals surface area contributed by atoms with Gasteiger partial charge in [-0.05, 0) is 62.8 Å². The molecule has 0 amide bonds. The minimum atomic E-state index is 0. The Bertz CT molecular complexity index is 677. The van der Waals surface area contributed by atoms with Crippen molar-refractivity contribution in [1.29, 1.82) is 0 Å². The molecule has 0 aromatic carbocycles. The third-order valence-corrected chi connectivity index (χ3v) is 5.29. The van der Waals surface area contributed by atoms with Crippen LogP contribution in [0.3, 0.4) is 0 Å². The Balaban J connectivity index is 0.00000280. The quantitative estimate of drug-likeness (QED) is 0.314. The van der Waals surface area contributed by atoms with E-state index >= 15 is 0 Å². The molecule has 1 aliphatic heterocycles. The van der Waals surface area contributed by atoms with E-state index in [4.69, 9.17) is 9.72 Å². The van der Waals surface area contributed by atoms with Gasteiger partial charge in [-0.25, -0.2) is 4.98 Å². The van der Waals surface area contributed by atoms with Gasteiger partial charge in [0, 0.05) is 32.7 Å². The summed E-state index contributed by atoms with van der Waals surface area (Å²) in [5.41, 5.74) is 2.73. The van der Waals surface area contributed by atoms with E-state index in [1.165, 1.54) is 17.7 Å². The number of nitrogens with zero attached hydrogens (tertiary/aromatic N) is 1. The number of aromatic nitrogens is 1. The molecular formula is C22H36N4O. The zero-order valence-corrected chi connectivity index (χ0v) is 16.8. The molecule has 5 nitrogen and oxygen atoms in total. The lowest BCUT2D eigenvalue weighted by Crippen LogP contribution is -2.24. The highest BCUT2D eigenvalue weighted by Gasteiger charge is 2.23.